The molecule has 1 unspecified atom stereocenters. The van der Waals surface area contributed by atoms with Crippen LogP contribution in [0, 0.1) is 17.8 Å². The first kappa shape index (κ1) is 17.3. The Hall–Kier alpha value is -0.680. The number of thiocarbonyl (C=S) groups is 1. The number of ether oxygens (including phenoxy) is 1. The average molecular weight is 274 g/mol. The molecule has 0 aliphatic heterocycles. The molecule has 0 radical (unpaired) electrons. The van der Waals surface area contributed by atoms with Gasteiger partial charge in [-0.1, -0.05) is 39.9 Å². The molecule has 0 saturated carbocycles. The molecule has 0 aromatic heterocycles. The van der Waals surface area contributed by atoms with E-state index in [2.05, 4.69) is 13.8 Å². The molecule has 0 aliphatic rings. The van der Waals surface area contributed by atoms with E-state index < -0.39 is 0 Å². The van der Waals surface area contributed by atoms with Crippen molar-refractivity contribution in [3.63, 3.8) is 0 Å². The van der Waals surface area contributed by atoms with Crippen molar-refractivity contribution in [2.45, 2.75) is 27.7 Å². The van der Waals surface area contributed by atoms with E-state index in [1.807, 2.05) is 13.8 Å². The Kier molecular flexibility index (Phi) is 8.11. The molecule has 4 nitrogen and oxygen atoms in total. The van der Waals surface area contributed by atoms with Crippen LogP contribution in [0.5, 0.6) is 0 Å². The zero-order chi connectivity index (χ0) is 14.3. The van der Waals surface area contributed by atoms with Crippen LogP contribution < -0.4 is 5.73 Å². The average Bonchev–Trinajstić information content (AvgIpc) is 2.22. The van der Waals surface area contributed by atoms with E-state index in [9.17, 15) is 4.79 Å². The normalized spacial score (nSPS) is 12.8. The van der Waals surface area contributed by atoms with Crippen LogP contribution in [0.3, 0.4) is 0 Å². The maximum atomic E-state index is 12.5. The molecule has 0 saturated heterocycles. The van der Waals surface area contributed by atoms with Gasteiger partial charge in [0, 0.05) is 20.2 Å². The minimum Gasteiger partial charge on any atom is -0.393 e. The number of hydrogen-bond donors (Lipinski definition) is 1. The van der Waals surface area contributed by atoms with Gasteiger partial charge in [-0.05, 0) is 11.8 Å². The van der Waals surface area contributed by atoms with Gasteiger partial charge in [0.1, 0.15) is 0 Å². The molecule has 0 bridgehead atoms. The molecule has 2 N–H and O–H groups in total. The molecule has 1 atom stereocenters. The Balaban J connectivity index is 4.84. The number of rotatable bonds is 8. The van der Waals surface area contributed by atoms with Gasteiger partial charge in [-0.3, -0.25) is 4.79 Å². The molecule has 0 rings (SSSR count). The highest BCUT2D eigenvalue weighted by Crippen LogP contribution is 2.16. The third-order valence-corrected chi connectivity index (χ3v) is 2.96. The van der Waals surface area contributed by atoms with Crippen LogP contribution in [0.2, 0.25) is 0 Å². The minimum atomic E-state index is -0.379. The van der Waals surface area contributed by atoms with Crippen LogP contribution in [0.4, 0.5) is 0 Å². The molecule has 106 valence electrons. The van der Waals surface area contributed by atoms with E-state index in [0.717, 1.165) is 0 Å². The van der Waals surface area contributed by atoms with E-state index in [1.165, 1.54) is 0 Å². The van der Waals surface area contributed by atoms with Crippen molar-refractivity contribution in [1.29, 1.82) is 0 Å². The summed E-state index contributed by atoms with van der Waals surface area (Å²) in [7, 11) is 1.63. The second kappa shape index (κ2) is 8.43. The molecule has 0 spiro atoms. The first-order valence-electron chi connectivity index (χ1n) is 6.38. The number of carbonyl (C=O) groups excluding carboxylic acids is 1. The quantitative estimate of drug-likeness (QED) is 0.684. The zero-order valence-corrected chi connectivity index (χ0v) is 12.9. The summed E-state index contributed by atoms with van der Waals surface area (Å²) in [5, 5.41) is 0. The van der Waals surface area contributed by atoms with Gasteiger partial charge in [-0.2, -0.15) is 0 Å². The van der Waals surface area contributed by atoms with Gasteiger partial charge in [0.2, 0.25) is 5.91 Å². The molecule has 1 amide bonds. The number of nitrogens with two attached hydrogens (primary N) is 1. The lowest BCUT2D eigenvalue weighted by Crippen LogP contribution is -2.46. The fourth-order valence-corrected chi connectivity index (χ4v) is 2.24. The van der Waals surface area contributed by atoms with Crippen molar-refractivity contribution in [2.24, 2.45) is 23.5 Å². The second-order valence-corrected chi connectivity index (χ2v) is 5.77. The van der Waals surface area contributed by atoms with Crippen LogP contribution in [-0.2, 0) is 9.53 Å². The van der Waals surface area contributed by atoms with Crippen LogP contribution in [0.1, 0.15) is 27.7 Å². The van der Waals surface area contributed by atoms with Crippen molar-refractivity contribution in [2.75, 3.05) is 26.8 Å². The van der Waals surface area contributed by atoms with Gasteiger partial charge in [-0.15, -0.1) is 0 Å². The summed E-state index contributed by atoms with van der Waals surface area (Å²) in [5.74, 6) is 0.163. The fraction of sp³-hybridized carbons (Fsp3) is 0.846. The van der Waals surface area contributed by atoms with Crippen molar-refractivity contribution < 1.29 is 9.53 Å². The molecule has 5 heteroatoms. The lowest BCUT2D eigenvalue weighted by molar-refractivity contribution is -0.135. The summed E-state index contributed by atoms with van der Waals surface area (Å²) < 4.78 is 5.05. The maximum absolute atomic E-state index is 12.5. The smallest absolute Gasteiger partial charge is 0.232 e. The molecule has 0 aliphatic carbocycles. The largest absolute Gasteiger partial charge is 0.393 e. The first-order chi connectivity index (χ1) is 8.31. The Morgan fingerprint density at radius 1 is 1.33 bits per heavy atom. The summed E-state index contributed by atoms with van der Waals surface area (Å²) in [5.41, 5.74) is 5.69. The summed E-state index contributed by atoms with van der Waals surface area (Å²) in [6, 6.07) is 0. The third kappa shape index (κ3) is 5.78. The topological polar surface area (TPSA) is 55.6 Å². The SMILES string of the molecule is COCCN(CC(C)C)C(=O)C(C(N)=S)C(C)C. The predicted octanol–water partition coefficient (Wildman–Crippen LogP) is 1.68. The van der Waals surface area contributed by atoms with Gasteiger partial charge in [0.15, 0.2) is 0 Å². The molecular weight excluding hydrogens is 248 g/mol. The second-order valence-electron chi connectivity index (χ2n) is 5.29. The third-order valence-electron chi connectivity index (χ3n) is 2.70. The lowest BCUT2D eigenvalue weighted by atomic mass is 9.94. The highest BCUT2D eigenvalue weighted by molar-refractivity contribution is 7.80. The van der Waals surface area contributed by atoms with E-state index in [-0.39, 0.29) is 22.7 Å². The number of hydrogen-bond acceptors (Lipinski definition) is 3. The van der Waals surface area contributed by atoms with Gasteiger partial charge in [-0.25, -0.2) is 0 Å². The zero-order valence-electron chi connectivity index (χ0n) is 12.1. The number of methoxy groups -OCH3 is 1. The van der Waals surface area contributed by atoms with Gasteiger partial charge >= 0.3 is 0 Å². The number of carbonyl (C=O) groups is 1. The molecule has 0 aromatic carbocycles. The molecule has 0 aromatic rings. The Morgan fingerprint density at radius 3 is 2.22 bits per heavy atom. The van der Waals surface area contributed by atoms with Crippen molar-refractivity contribution >= 4 is 23.1 Å². The van der Waals surface area contributed by atoms with E-state index in [1.54, 1.807) is 12.0 Å². The Morgan fingerprint density at radius 2 is 1.89 bits per heavy atom. The minimum absolute atomic E-state index is 0.0169. The first-order valence-corrected chi connectivity index (χ1v) is 6.79. The van der Waals surface area contributed by atoms with Crippen LogP contribution >= 0.6 is 12.2 Å². The number of amides is 1. The van der Waals surface area contributed by atoms with Crippen molar-refractivity contribution in [3.8, 4) is 0 Å². The fourth-order valence-electron chi connectivity index (χ4n) is 1.87. The summed E-state index contributed by atoms with van der Waals surface area (Å²) >= 11 is 5.01. The number of nitrogens with zero attached hydrogens (tertiary/aromatic N) is 1. The van der Waals surface area contributed by atoms with Crippen molar-refractivity contribution in [1.82, 2.24) is 4.90 Å². The standard InChI is InChI=1S/C13H26N2O2S/c1-9(2)8-15(6-7-17-5)13(16)11(10(3)4)12(14)18/h9-11H,6-8H2,1-5H3,(H2,14,18). The van der Waals surface area contributed by atoms with Crippen LogP contribution in [0.15, 0.2) is 0 Å². The summed E-state index contributed by atoms with van der Waals surface area (Å²) in [6.45, 7) is 9.90. The highest BCUT2D eigenvalue weighted by Gasteiger charge is 2.29. The molecular formula is C13H26N2O2S. The van der Waals surface area contributed by atoms with Gasteiger partial charge < -0.3 is 15.4 Å². The lowest BCUT2D eigenvalue weighted by Gasteiger charge is -2.29. The molecule has 18 heavy (non-hydrogen) atoms. The van der Waals surface area contributed by atoms with E-state index in [0.29, 0.717) is 25.6 Å². The monoisotopic (exact) mass is 274 g/mol. The summed E-state index contributed by atoms with van der Waals surface area (Å²) in [6.07, 6.45) is 0. The van der Waals surface area contributed by atoms with E-state index >= 15 is 0 Å². The molecule has 0 heterocycles. The van der Waals surface area contributed by atoms with Gasteiger partial charge in [0.05, 0.1) is 17.5 Å². The highest BCUT2D eigenvalue weighted by atomic mass is 32.1. The van der Waals surface area contributed by atoms with Gasteiger partial charge in [0.25, 0.3) is 0 Å². The van der Waals surface area contributed by atoms with Crippen LogP contribution in [-0.4, -0.2) is 42.6 Å². The Labute approximate surface area is 116 Å². The predicted molar refractivity (Wildman–Crippen MR) is 78.4 cm³/mol. The Bertz CT molecular complexity index is 280. The van der Waals surface area contributed by atoms with Crippen molar-refractivity contribution in [3.05, 3.63) is 0 Å². The molecule has 0 fully saturated rings. The van der Waals surface area contributed by atoms with Crippen LogP contribution in [0.25, 0.3) is 0 Å². The van der Waals surface area contributed by atoms with E-state index in [4.69, 9.17) is 22.7 Å². The summed E-state index contributed by atoms with van der Waals surface area (Å²) in [4.78, 5) is 14.6. The maximum Gasteiger partial charge on any atom is 0.232 e.